The Balaban J connectivity index is 0.00000300. The van der Waals surface area contributed by atoms with E-state index in [4.69, 9.17) is 0 Å². The summed E-state index contributed by atoms with van der Waals surface area (Å²) < 4.78 is 1.88. The van der Waals surface area contributed by atoms with Gasteiger partial charge in [-0.2, -0.15) is 5.10 Å². The van der Waals surface area contributed by atoms with Crippen molar-refractivity contribution in [2.24, 2.45) is 5.92 Å². The van der Waals surface area contributed by atoms with Crippen LogP contribution in [-0.2, 0) is 11.3 Å². The second-order valence-electron chi connectivity index (χ2n) is 7.71. The van der Waals surface area contributed by atoms with Crippen LogP contribution in [0.5, 0.6) is 0 Å². The summed E-state index contributed by atoms with van der Waals surface area (Å²) >= 11 is 0. The van der Waals surface area contributed by atoms with Crippen LogP contribution in [-0.4, -0.2) is 34.7 Å². The Morgan fingerprint density at radius 2 is 2.14 bits per heavy atom. The standard InChI is InChI=1S/C21H29N5O2.ClH/c1-15(2)11-20(27)24-17-6-3-5-16(12-17)13-23-21(28)19-8-10-26(25-19)18-7-4-9-22-14-18;/h3,5-6,8,10,12,15,18,22H,4,7,9,11,13-14H2,1-2H3,(H,23,28)(H,24,27);1H. The van der Waals surface area contributed by atoms with Gasteiger partial charge in [0, 0.05) is 31.4 Å². The molecule has 0 aliphatic carbocycles. The van der Waals surface area contributed by atoms with Gasteiger partial charge in [-0.25, -0.2) is 0 Å². The van der Waals surface area contributed by atoms with Crippen LogP contribution in [0, 0.1) is 5.92 Å². The monoisotopic (exact) mass is 419 g/mol. The average molecular weight is 420 g/mol. The predicted molar refractivity (Wildman–Crippen MR) is 116 cm³/mol. The molecule has 29 heavy (non-hydrogen) atoms. The van der Waals surface area contributed by atoms with Crippen molar-refractivity contribution in [1.29, 1.82) is 0 Å². The van der Waals surface area contributed by atoms with Crippen molar-refractivity contribution >= 4 is 29.9 Å². The molecule has 2 amide bonds. The number of piperidine rings is 1. The summed E-state index contributed by atoms with van der Waals surface area (Å²) in [6, 6.07) is 9.59. The molecular formula is C21H30ClN5O2. The molecule has 3 N–H and O–H groups in total. The number of amides is 2. The number of benzene rings is 1. The van der Waals surface area contributed by atoms with Crippen LogP contribution in [0.4, 0.5) is 5.69 Å². The van der Waals surface area contributed by atoms with E-state index in [1.807, 2.05) is 49.0 Å². The van der Waals surface area contributed by atoms with Gasteiger partial charge in [0.1, 0.15) is 5.69 Å². The van der Waals surface area contributed by atoms with Gasteiger partial charge in [0.25, 0.3) is 5.91 Å². The quantitative estimate of drug-likeness (QED) is 0.643. The molecule has 8 heteroatoms. The first-order valence-electron chi connectivity index (χ1n) is 9.94. The van der Waals surface area contributed by atoms with Crippen LogP contribution in [0.3, 0.4) is 0 Å². The van der Waals surface area contributed by atoms with Gasteiger partial charge in [0.2, 0.25) is 5.91 Å². The zero-order valence-corrected chi connectivity index (χ0v) is 17.8. The normalized spacial score (nSPS) is 16.2. The zero-order chi connectivity index (χ0) is 19.9. The fraction of sp³-hybridized carbons (Fsp3) is 0.476. The van der Waals surface area contributed by atoms with Crippen LogP contribution in [0.15, 0.2) is 36.5 Å². The highest BCUT2D eigenvalue weighted by atomic mass is 35.5. The largest absolute Gasteiger partial charge is 0.347 e. The lowest BCUT2D eigenvalue weighted by atomic mass is 10.1. The first kappa shape index (κ1) is 22.9. The number of hydrogen-bond acceptors (Lipinski definition) is 4. The van der Waals surface area contributed by atoms with Crippen molar-refractivity contribution in [2.75, 3.05) is 18.4 Å². The summed E-state index contributed by atoms with van der Waals surface area (Å²) in [5.74, 6) is 0.113. The maximum absolute atomic E-state index is 12.4. The number of aromatic nitrogens is 2. The van der Waals surface area contributed by atoms with Gasteiger partial charge in [0.15, 0.2) is 0 Å². The molecule has 0 radical (unpaired) electrons. The topological polar surface area (TPSA) is 88.0 Å². The summed E-state index contributed by atoms with van der Waals surface area (Å²) in [6.07, 6.45) is 4.55. The Morgan fingerprint density at radius 3 is 2.86 bits per heavy atom. The number of nitrogens with one attached hydrogen (secondary N) is 3. The number of rotatable bonds is 7. The van der Waals surface area contributed by atoms with Gasteiger partial charge in [-0.15, -0.1) is 12.4 Å². The van der Waals surface area contributed by atoms with E-state index in [0.717, 1.165) is 37.2 Å². The Labute approximate surface area is 178 Å². The molecule has 1 aliphatic rings. The molecule has 0 saturated carbocycles. The third kappa shape index (κ3) is 6.87. The fourth-order valence-electron chi connectivity index (χ4n) is 3.34. The Bertz CT molecular complexity index is 815. The molecule has 1 unspecified atom stereocenters. The second-order valence-corrected chi connectivity index (χ2v) is 7.71. The van der Waals surface area contributed by atoms with Crippen LogP contribution in [0.2, 0.25) is 0 Å². The molecular weight excluding hydrogens is 390 g/mol. The summed E-state index contributed by atoms with van der Waals surface area (Å²) in [4.78, 5) is 24.3. The number of carbonyl (C=O) groups is 2. The number of nitrogens with zero attached hydrogens (tertiary/aromatic N) is 2. The van der Waals surface area contributed by atoms with Gasteiger partial charge in [-0.05, 0) is 49.1 Å². The third-order valence-corrected chi connectivity index (χ3v) is 4.74. The molecule has 1 aromatic heterocycles. The smallest absolute Gasteiger partial charge is 0.272 e. The van der Waals surface area contributed by atoms with Crippen molar-refractivity contribution in [3.05, 3.63) is 47.8 Å². The van der Waals surface area contributed by atoms with E-state index >= 15 is 0 Å². The SMILES string of the molecule is CC(C)CC(=O)Nc1cccc(CNC(=O)c2ccn(C3CCCNC3)n2)c1.Cl. The van der Waals surface area contributed by atoms with Gasteiger partial charge in [-0.3, -0.25) is 14.3 Å². The summed E-state index contributed by atoms with van der Waals surface area (Å²) in [6.45, 7) is 6.33. The number of anilines is 1. The lowest BCUT2D eigenvalue weighted by Gasteiger charge is -2.22. The van der Waals surface area contributed by atoms with Gasteiger partial charge in [0.05, 0.1) is 6.04 Å². The number of halogens is 1. The van der Waals surface area contributed by atoms with E-state index in [1.54, 1.807) is 6.07 Å². The molecule has 3 rings (SSSR count). The van der Waals surface area contributed by atoms with E-state index in [9.17, 15) is 9.59 Å². The number of hydrogen-bond donors (Lipinski definition) is 3. The maximum Gasteiger partial charge on any atom is 0.272 e. The fourth-order valence-corrected chi connectivity index (χ4v) is 3.34. The van der Waals surface area contributed by atoms with Crippen molar-refractivity contribution in [3.8, 4) is 0 Å². The average Bonchev–Trinajstić information content (AvgIpc) is 3.17. The lowest BCUT2D eigenvalue weighted by Crippen LogP contribution is -2.32. The zero-order valence-electron chi connectivity index (χ0n) is 17.0. The van der Waals surface area contributed by atoms with Crippen LogP contribution in [0.25, 0.3) is 0 Å². The molecule has 2 heterocycles. The lowest BCUT2D eigenvalue weighted by molar-refractivity contribution is -0.116. The first-order chi connectivity index (χ1) is 13.5. The minimum atomic E-state index is -0.197. The molecule has 158 valence electrons. The Hall–Kier alpha value is -2.38. The van der Waals surface area contributed by atoms with Crippen LogP contribution in [0.1, 0.15) is 55.2 Å². The van der Waals surface area contributed by atoms with Crippen LogP contribution >= 0.6 is 12.4 Å². The minimum Gasteiger partial charge on any atom is -0.347 e. The van der Waals surface area contributed by atoms with E-state index in [-0.39, 0.29) is 24.2 Å². The van der Waals surface area contributed by atoms with E-state index in [0.29, 0.717) is 30.6 Å². The summed E-state index contributed by atoms with van der Waals surface area (Å²) in [5, 5.41) is 13.6. The molecule has 1 aliphatic heterocycles. The molecule has 2 aromatic rings. The van der Waals surface area contributed by atoms with Crippen molar-refractivity contribution in [1.82, 2.24) is 20.4 Å². The molecule has 1 saturated heterocycles. The van der Waals surface area contributed by atoms with Gasteiger partial charge in [-0.1, -0.05) is 26.0 Å². The highest BCUT2D eigenvalue weighted by Crippen LogP contribution is 2.16. The van der Waals surface area contributed by atoms with Gasteiger partial charge >= 0.3 is 0 Å². The molecule has 0 spiro atoms. The molecule has 7 nitrogen and oxygen atoms in total. The Kier molecular flexibility index (Phi) is 8.67. The highest BCUT2D eigenvalue weighted by molar-refractivity contribution is 5.92. The Morgan fingerprint density at radius 1 is 1.31 bits per heavy atom. The molecule has 0 bridgehead atoms. The third-order valence-electron chi connectivity index (χ3n) is 4.74. The van der Waals surface area contributed by atoms with Gasteiger partial charge < -0.3 is 16.0 Å². The second kappa shape index (κ2) is 11.0. The highest BCUT2D eigenvalue weighted by Gasteiger charge is 2.17. The van der Waals surface area contributed by atoms with Crippen molar-refractivity contribution < 1.29 is 9.59 Å². The van der Waals surface area contributed by atoms with Crippen molar-refractivity contribution in [2.45, 2.75) is 45.7 Å². The van der Waals surface area contributed by atoms with E-state index in [2.05, 4.69) is 21.0 Å². The van der Waals surface area contributed by atoms with E-state index < -0.39 is 0 Å². The minimum absolute atomic E-state index is 0. The molecule has 1 aromatic carbocycles. The van der Waals surface area contributed by atoms with Crippen molar-refractivity contribution in [3.63, 3.8) is 0 Å². The van der Waals surface area contributed by atoms with Crippen LogP contribution < -0.4 is 16.0 Å². The summed E-state index contributed by atoms with van der Waals surface area (Å²) in [7, 11) is 0. The first-order valence-corrected chi connectivity index (χ1v) is 9.94. The predicted octanol–water partition coefficient (Wildman–Crippen LogP) is 3.14. The maximum atomic E-state index is 12.4. The number of carbonyl (C=O) groups excluding carboxylic acids is 2. The summed E-state index contributed by atoms with van der Waals surface area (Å²) in [5.41, 5.74) is 2.09. The molecule has 1 atom stereocenters. The van der Waals surface area contributed by atoms with E-state index in [1.165, 1.54) is 0 Å². The molecule has 1 fully saturated rings.